The van der Waals surface area contributed by atoms with E-state index in [1.807, 2.05) is 20.8 Å². The molecule has 0 aromatic heterocycles. The van der Waals surface area contributed by atoms with Gasteiger partial charge in [-0.25, -0.2) is 4.79 Å². The van der Waals surface area contributed by atoms with Crippen molar-refractivity contribution in [1.82, 2.24) is 5.32 Å². The van der Waals surface area contributed by atoms with Crippen LogP contribution in [0.15, 0.2) is 12.3 Å². The van der Waals surface area contributed by atoms with Crippen LogP contribution in [0.4, 0.5) is 4.79 Å². The summed E-state index contributed by atoms with van der Waals surface area (Å²) < 4.78 is 5.33. The second kappa shape index (κ2) is 6.69. The summed E-state index contributed by atoms with van der Waals surface area (Å²) in [4.78, 5) is 11.8. The molecular formula is C16H25NO3. The van der Waals surface area contributed by atoms with E-state index in [-0.39, 0.29) is 17.3 Å². The molecule has 112 valence electrons. The highest BCUT2D eigenvalue weighted by Crippen LogP contribution is 2.38. The van der Waals surface area contributed by atoms with Crippen LogP contribution < -0.4 is 5.32 Å². The molecule has 1 rings (SSSR count). The second-order valence-electron chi connectivity index (χ2n) is 6.47. The number of hydrogen-bond acceptors (Lipinski definition) is 3. The minimum Gasteiger partial charge on any atom is -0.511 e. The van der Waals surface area contributed by atoms with Gasteiger partial charge in [-0.2, -0.15) is 0 Å². The zero-order valence-corrected chi connectivity index (χ0v) is 12.6. The predicted molar refractivity (Wildman–Crippen MR) is 79.2 cm³/mol. The van der Waals surface area contributed by atoms with Crippen molar-refractivity contribution in [3.05, 3.63) is 12.3 Å². The summed E-state index contributed by atoms with van der Waals surface area (Å²) in [6.45, 7) is 9.25. The smallest absolute Gasteiger partial charge is 0.408 e. The molecule has 1 saturated carbocycles. The zero-order valence-electron chi connectivity index (χ0n) is 12.6. The van der Waals surface area contributed by atoms with Crippen LogP contribution in [-0.4, -0.2) is 23.3 Å². The first-order valence-electron chi connectivity index (χ1n) is 7.04. The Kier molecular flexibility index (Phi) is 5.50. The average Bonchev–Trinajstić information content (AvgIpc) is 3.03. The van der Waals surface area contributed by atoms with Crippen molar-refractivity contribution in [3.8, 4) is 12.3 Å². The highest BCUT2D eigenvalue weighted by Gasteiger charge is 2.40. The Morgan fingerprint density at radius 2 is 2.25 bits per heavy atom. The van der Waals surface area contributed by atoms with E-state index in [9.17, 15) is 9.90 Å². The molecule has 3 atom stereocenters. The van der Waals surface area contributed by atoms with Gasteiger partial charge in [-0.1, -0.05) is 27.4 Å². The molecule has 0 spiro atoms. The summed E-state index contributed by atoms with van der Waals surface area (Å²) in [5.41, 5.74) is -0.319. The molecule has 0 aromatic rings. The van der Waals surface area contributed by atoms with E-state index in [1.54, 1.807) is 0 Å². The standard InChI is InChI=1S/C16H25NO3/c1-6-7-8-9-12-10-13(12)20-15(19)17-14(11(2)18)16(3,4)5/h1,12-14,18H,2,7-10H2,3-5H3,(H,17,19)/t12-,13-,14-/m1/s1. The van der Waals surface area contributed by atoms with Crippen molar-refractivity contribution in [3.63, 3.8) is 0 Å². The largest absolute Gasteiger partial charge is 0.511 e. The number of aliphatic hydroxyl groups is 1. The van der Waals surface area contributed by atoms with Crippen molar-refractivity contribution in [2.24, 2.45) is 11.3 Å². The number of ether oxygens (including phenoxy) is 1. The van der Waals surface area contributed by atoms with Crippen LogP contribution in [0.1, 0.15) is 46.5 Å². The Bertz CT molecular complexity index is 403. The minimum atomic E-state index is -0.520. The maximum atomic E-state index is 11.8. The van der Waals surface area contributed by atoms with Gasteiger partial charge in [0.2, 0.25) is 0 Å². The van der Waals surface area contributed by atoms with Crippen molar-refractivity contribution < 1.29 is 14.6 Å². The molecule has 0 heterocycles. The van der Waals surface area contributed by atoms with Crippen LogP contribution in [0.2, 0.25) is 0 Å². The highest BCUT2D eigenvalue weighted by atomic mass is 16.6. The first-order chi connectivity index (χ1) is 9.25. The molecule has 0 saturated heterocycles. The van der Waals surface area contributed by atoms with Gasteiger partial charge < -0.3 is 15.2 Å². The average molecular weight is 279 g/mol. The van der Waals surface area contributed by atoms with Gasteiger partial charge in [-0.15, -0.1) is 12.3 Å². The molecule has 0 aromatic carbocycles. The van der Waals surface area contributed by atoms with E-state index in [1.165, 1.54) is 0 Å². The van der Waals surface area contributed by atoms with Gasteiger partial charge in [0.1, 0.15) is 11.9 Å². The molecule has 1 amide bonds. The summed E-state index contributed by atoms with van der Waals surface area (Å²) in [5, 5.41) is 12.2. The molecule has 4 nitrogen and oxygen atoms in total. The summed E-state index contributed by atoms with van der Waals surface area (Å²) in [7, 11) is 0. The Morgan fingerprint density at radius 1 is 1.60 bits per heavy atom. The number of carbonyl (C=O) groups excluding carboxylic acids is 1. The highest BCUT2D eigenvalue weighted by molar-refractivity contribution is 5.68. The Labute approximate surface area is 121 Å². The van der Waals surface area contributed by atoms with Crippen LogP contribution in [0.3, 0.4) is 0 Å². The molecule has 0 bridgehead atoms. The topological polar surface area (TPSA) is 58.6 Å². The monoisotopic (exact) mass is 279 g/mol. The predicted octanol–water partition coefficient (Wildman–Crippen LogP) is 3.39. The third kappa shape index (κ3) is 5.16. The van der Waals surface area contributed by atoms with Crippen LogP contribution >= 0.6 is 0 Å². The van der Waals surface area contributed by atoms with E-state index in [0.29, 0.717) is 5.92 Å². The maximum Gasteiger partial charge on any atom is 0.408 e. The van der Waals surface area contributed by atoms with Crippen LogP contribution in [0.5, 0.6) is 0 Å². The van der Waals surface area contributed by atoms with Gasteiger partial charge in [0.05, 0.1) is 6.04 Å². The first-order valence-corrected chi connectivity index (χ1v) is 7.04. The second-order valence-corrected chi connectivity index (χ2v) is 6.47. The van der Waals surface area contributed by atoms with E-state index in [0.717, 1.165) is 25.7 Å². The lowest BCUT2D eigenvalue weighted by atomic mass is 9.86. The Balaban J connectivity index is 2.34. The third-order valence-corrected chi connectivity index (χ3v) is 3.47. The van der Waals surface area contributed by atoms with Gasteiger partial charge in [0.15, 0.2) is 0 Å². The van der Waals surface area contributed by atoms with Gasteiger partial charge >= 0.3 is 6.09 Å². The molecule has 20 heavy (non-hydrogen) atoms. The minimum absolute atomic E-state index is 0.0136. The summed E-state index contributed by atoms with van der Waals surface area (Å²) in [6, 6.07) is -0.520. The Morgan fingerprint density at radius 3 is 2.75 bits per heavy atom. The normalized spacial score (nSPS) is 22.5. The number of unbranched alkanes of at least 4 members (excludes halogenated alkanes) is 1. The fraction of sp³-hybridized carbons (Fsp3) is 0.688. The third-order valence-electron chi connectivity index (χ3n) is 3.47. The van der Waals surface area contributed by atoms with Crippen molar-refractivity contribution in [2.75, 3.05) is 0 Å². The molecule has 2 N–H and O–H groups in total. The maximum absolute atomic E-state index is 11.8. The quantitative estimate of drug-likeness (QED) is 0.445. The lowest BCUT2D eigenvalue weighted by Crippen LogP contribution is -2.45. The molecule has 4 heteroatoms. The molecule has 0 aliphatic heterocycles. The number of amides is 1. The number of nitrogens with one attached hydrogen (secondary N) is 1. The van der Waals surface area contributed by atoms with Gasteiger partial charge in [0.25, 0.3) is 0 Å². The van der Waals surface area contributed by atoms with Crippen LogP contribution in [0, 0.1) is 23.7 Å². The molecule has 0 unspecified atom stereocenters. The number of terminal acetylenes is 1. The molecular weight excluding hydrogens is 254 g/mol. The van der Waals surface area contributed by atoms with E-state index >= 15 is 0 Å². The fourth-order valence-electron chi connectivity index (χ4n) is 2.22. The molecule has 1 fully saturated rings. The van der Waals surface area contributed by atoms with E-state index in [2.05, 4.69) is 17.8 Å². The van der Waals surface area contributed by atoms with Crippen molar-refractivity contribution >= 4 is 6.09 Å². The SMILES string of the molecule is C#CCCC[C@@H]1C[C@H]1OC(=O)N[C@H](C(=C)O)C(C)(C)C. The van der Waals surface area contributed by atoms with Crippen LogP contribution in [0.25, 0.3) is 0 Å². The Hall–Kier alpha value is -1.63. The summed E-state index contributed by atoms with van der Waals surface area (Å²) in [6.07, 6.45) is 8.33. The van der Waals surface area contributed by atoms with Gasteiger partial charge in [0, 0.05) is 6.42 Å². The molecule has 1 aliphatic rings. The number of hydrogen-bond donors (Lipinski definition) is 2. The van der Waals surface area contributed by atoms with E-state index < -0.39 is 12.1 Å². The molecule has 0 radical (unpaired) electrons. The fourth-order valence-corrected chi connectivity index (χ4v) is 2.22. The van der Waals surface area contributed by atoms with Gasteiger partial charge in [-0.05, 0) is 30.6 Å². The summed E-state index contributed by atoms with van der Waals surface area (Å²) in [5.74, 6) is 2.97. The number of rotatable bonds is 6. The number of aliphatic hydroxyl groups excluding tert-OH is 1. The summed E-state index contributed by atoms with van der Waals surface area (Å²) >= 11 is 0. The number of carbonyl (C=O) groups is 1. The molecule has 1 aliphatic carbocycles. The van der Waals surface area contributed by atoms with Crippen LogP contribution in [-0.2, 0) is 4.74 Å². The van der Waals surface area contributed by atoms with Crippen molar-refractivity contribution in [1.29, 1.82) is 0 Å². The zero-order chi connectivity index (χ0) is 15.3. The van der Waals surface area contributed by atoms with E-state index in [4.69, 9.17) is 11.2 Å². The number of alkyl carbamates (subject to hydrolysis) is 1. The van der Waals surface area contributed by atoms with Gasteiger partial charge in [-0.3, -0.25) is 0 Å². The lowest BCUT2D eigenvalue weighted by molar-refractivity contribution is 0.117. The first kappa shape index (κ1) is 16.4. The van der Waals surface area contributed by atoms with Crippen molar-refractivity contribution in [2.45, 2.75) is 58.6 Å². The lowest BCUT2D eigenvalue weighted by Gasteiger charge is -2.30.